The van der Waals surface area contributed by atoms with Gasteiger partial charge in [0.05, 0.1) is 0 Å². The molecule has 0 spiro atoms. The molecule has 3 heteroatoms. The lowest BCUT2D eigenvalue weighted by atomic mass is 9.69. The highest BCUT2D eigenvalue weighted by Crippen LogP contribution is 2.36. The van der Waals surface area contributed by atoms with E-state index in [2.05, 4.69) is 0 Å². The first-order valence-electron chi connectivity index (χ1n) is 4.94. The van der Waals surface area contributed by atoms with E-state index in [0.29, 0.717) is 0 Å². The van der Waals surface area contributed by atoms with Gasteiger partial charge >= 0.3 is 0 Å². The number of amides is 1. The minimum atomic E-state index is -1.13. The maximum Gasteiger partial charge on any atom is 0.242 e. The van der Waals surface area contributed by atoms with Crippen molar-refractivity contribution in [2.24, 2.45) is 16.9 Å². The lowest BCUT2D eigenvalue weighted by Gasteiger charge is -2.39. The second-order valence-corrected chi connectivity index (χ2v) is 4.79. The van der Waals surface area contributed by atoms with Gasteiger partial charge < -0.3 is 11.5 Å². The third-order valence-electron chi connectivity index (χ3n) is 2.80. The van der Waals surface area contributed by atoms with Crippen molar-refractivity contribution in [1.29, 1.82) is 0 Å². The number of hydrogen-bond acceptors (Lipinski definition) is 2. The Kier molecular flexibility index (Phi) is 2.86. The fourth-order valence-electron chi connectivity index (χ4n) is 1.65. The molecule has 0 fully saturated rings. The zero-order valence-corrected chi connectivity index (χ0v) is 9.45. The summed E-state index contributed by atoms with van der Waals surface area (Å²) in [4.78, 5) is 11.6. The van der Waals surface area contributed by atoms with E-state index in [1.54, 1.807) is 0 Å². The molecule has 4 N–H and O–H groups in total. The van der Waals surface area contributed by atoms with E-state index in [0.717, 1.165) is 5.56 Å². The zero-order chi connectivity index (χ0) is 11.7. The molecule has 3 nitrogen and oxygen atoms in total. The molecule has 82 valence electrons. The van der Waals surface area contributed by atoms with Crippen molar-refractivity contribution in [2.75, 3.05) is 0 Å². The summed E-state index contributed by atoms with van der Waals surface area (Å²) in [5.41, 5.74) is 10.8. The summed E-state index contributed by atoms with van der Waals surface area (Å²) in [6.45, 7) is 5.72. The Balaban J connectivity index is 3.32. The Hall–Kier alpha value is -1.35. The predicted octanol–water partition coefficient (Wildman–Crippen LogP) is 1.37. The summed E-state index contributed by atoms with van der Waals surface area (Å²) in [5, 5.41) is 0. The molecule has 0 saturated carbocycles. The molecular formula is C12H18N2O. The van der Waals surface area contributed by atoms with Gasteiger partial charge in [0.25, 0.3) is 0 Å². The molecule has 1 aromatic rings. The summed E-state index contributed by atoms with van der Waals surface area (Å²) in [6.07, 6.45) is 0. The van der Waals surface area contributed by atoms with Crippen LogP contribution >= 0.6 is 0 Å². The third kappa shape index (κ3) is 1.88. The fraction of sp³-hybridized carbons (Fsp3) is 0.417. The van der Waals surface area contributed by atoms with Gasteiger partial charge in [-0.3, -0.25) is 4.79 Å². The van der Waals surface area contributed by atoms with Crippen LogP contribution in [0.25, 0.3) is 0 Å². The van der Waals surface area contributed by atoms with E-state index in [1.807, 2.05) is 51.1 Å². The summed E-state index contributed by atoms with van der Waals surface area (Å²) < 4.78 is 0. The molecule has 0 bridgehead atoms. The van der Waals surface area contributed by atoms with Crippen LogP contribution in [-0.2, 0) is 10.3 Å². The van der Waals surface area contributed by atoms with Crippen LogP contribution in [0.2, 0.25) is 0 Å². The van der Waals surface area contributed by atoms with Crippen LogP contribution in [0.15, 0.2) is 30.3 Å². The second-order valence-electron chi connectivity index (χ2n) is 4.79. The molecule has 1 rings (SSSR count). The first kappa shape index (κ1) is 11.7. The number of hydrogen-bond donors (Lipinski definition) is 2. The van der Waals surface area contributed by atoms with E-state index in [9.17, 15) is 4.79 Å². The Bertz CT molecular complexity index is 354. The van der Waals surface area contributed by atoms with E-state index in [1.165, 1.54) is 0 Å². The smallest absolute Gasteiger partial charge is 0.242 e. The third-order valence-corrected chi connectivity index (χ3v) is 2.80. The van der Waals surface area contributed by atoms with Gasteiger partial charge in [0.1, 0.15) is 5.54 Å². The lowest BCUT2D eigenvalue weighted by Crippen LogP contribution is -2.57. The number of nitrogens with two attached hydrogens (primary N) is 2. The molecular weight excluding hydrogens is 188 g/mol. The average Bonchev–Trinajstić information content (AvgIpc) is 2.16. The average molecular weight is 206 g/mol. The van der Waals surface area contributed by atoms with Crippen molar-refractivity contribution < 1.29 is 4.79 Å². The Morgan fingerprint density at radius 3 is 1.93 bits per heavy atom. The Labute approximate surface area is 90.5 Å². The molecule has 1 amide bonds. The number of benzene rings is 1. The first-order valence-corrected chi connectivity index (χ1v) is 4.94. The minimum absolute atomic E-state index is 0.416. The highest BCUT2D eigenvalue weighted by molar-refractivity contribution is 5.86. The molecule has 15 heavy (non-hydrogen) atoms. The van der Waals surface area contributed by atoms with Crippen molar-refractivity contribution in [1.82, 2.24) is 0 Å². The summed E-state index contributed by atoms with van der Waals surface area (Å²) in [6, 6.07) is 9.25. The largest absolute Gasteiger partial charge is 0.368 e. The van der Waals surface area contributed by atoms with Gasteiger partial charge in [-0.05, 0) is 11.0 Å². The maximum atomic E-state index is 11.6. The molecule has 0 radical (unpaired) electrons. The van der Waals surface area contributed by atoms with Gasteiger partial charge in [0.2, 0.25) is 5.91 Å². The molecule has 1 aromatic carbocycles. The van der Waals surface area contributed by atoms with Crippen molar-refractivity contribution >= 4 is 5.91 Å². The quantitative estimate of drug-likeness (QED) is 0.767. The van der Waals surface area contributed by atoms with Crippen LogP contribution in [-0.4, -0.2) is 5.91 Å². The van der Waals surface area contributed by atoms with Crippen LogP contribution in [0.3, 0.4) is 0 Å². The topological polar surface area (TPSA) is 69.1 Å². The van der Waals surface area contributed by atoms with Gasteiger partial charge in [-0.1, -0.05) is 51.1 Å². The SMILES string of the molecule is CC(C)(C)C(N)(C(N)=O)c1ccccc1. The molecule has 0 aliphatic carbocycles. The summed E-state index contributed by atoms with van der Waals surface area (Å²) >= 11 is 0. The lowest BCUT2D eigenvalue weighted by molar-refractivity contribution is -0.127. The van der Waals surface area contributed by atoms with Gasteiger partial charge in [0.15, 0.2) is 0 Å². The highest BCUT2D eigenvalue weighted by atomic mass is 16.1. The molecule has 1 unspecified atom stereocenters. The van der Waals surface area contributed by atoms with Crippen LogP contribution in [0, 0.1) is 5.41 Å². The van der Waals surface area contributed by atoms with Crippen LogP contribution < -0.4 is 11.5 Å². The van der Waals surface area contributed by atoms with Crippen molar-refractivity contribution in [3.63, 3.8) is 0 Å². The van der Waals surface area contributed by atoms with Crippen LogP contribution in [0.4, 0.5) is 0 Å². The number of rotatable bonds is 2. The molecule has 0 aromatic heterocycles. The van der Waals surface area contributed by atoms with Crippen molar-refractivity contribution in [3.8, 4) is 0 Å². The summed E-state index contributed by atoms with van der Waals surface area (Å²) in [7, 11) is 0. The normalized spacial score (nSPS) is 15.7. The first-order chi connectivity index (χ1) is 6.80. The van der Waals surface area contributed by atoms with E-state index in [4.69, 9.17) is 11.5 Å². The molecule has 0 aliphatic rings. The van der Waals surface area contributed by atoms with E-state index < -0.39 is 16.9 Å². The monoisotopic (exact) mass is 206 g/mol. The van der Waals surface area contributed by atoms with Crippen molar-refractivity contribution in [2.45, 2.75) is 26.3 Å². The Morgan fingerprint density at radius 2 is 1.60 bits per heavy atom. The van der Waals surface area contributed by atoms with Gasteiger partial charge in [-0.15, -0.1) is 0 Å². The highest BCUT2D eigenvalue weighted by Gasteiger charge is 2.45. The minimum Gasteiger partial charge on any atom is -0.368 e. The second kappa shape index (κ2) is 3.66. The van der Waals surface area contributed by atoms with E-state index >= 15 is 0 Å². The van der Waals surface area contributed by atoms with Crippen LogP contribution in [0.1, 0.15) is 26.3 Å². The number of carbonyl (C=O) groups is 1. The van der Waals surface area contributed by atoms with Crippen molar-refractivity contribution in [3.05, 3.63) is 35.9 Å². The number of carbonyl (C=O) groups excluding carboxylic acids is 1. The fourth-order valence-corrected chi connectivity index (χ4v) is 1.65. The molecule has 1 atom stereocenters. The predicted molar refractivity (Wildman–Crippen MR) is 61.0 cm³/mol. The maximum absolute atomic E-state index is 11.6. The zero-order valence-electron chi connectivity index (χ0n) is 9.45. The molecule has 0 heterocycles. The van der Waals surface area contributed by atoms with Gasteiger partial charge in [-0.25, -0.2) is 0 Å². The molecule has 0 saturated heterocycles. The van der Waals surface area contributed by atoms with Crippen LogP contribution in [0.5, 0.6) is 0 Å². The molecule has 0 aliphatic heterocycles. The van der Waals surface area contributed by atoms with Gasteiger partial charge in [0, 0.05) is 0 Å². The van der Waals surface area contributed by atoms with Gasteiger partial charge in [-0.2, -0.15) is 0 Å². The summed E-state index contributed by atoms with van der Waals surface area (Å²) in [5.74, 6) is -0.499. The Morgan fingerprint density at radius 1 is 1.13 bits per heavy atom. The number of primary amides is 1. The standard InChI is InChI=1S/C12H18N2O/c1-11(2,3)12(14,10(13)15)9-7-5-4-6-8-9/h4-8H,14H2,1-3H3,(H2,13,15). The van der Waals surface area contributed by atoms with E-state index in [-0.39, 0.29) is 0 Å².